The Bertz CT molecular complexity index is 711. The summed E-state index contributed by atoms with van der Waals surface area (Å²) >= 11 is 0. The molecular weight excluding hydrogens is 304 g/mol. The number of hydrogen-bond acceptors (Lipinski definition) is 5. The number of hydrogen-bond donors (Lipinski definition) is 2. The van der Waals surface area contributed by atoms with Gasteiger partial charge in [-0.1, -0.05) is 0 Å². The monoisotopic (exact) mass is 328 g/mol. The zero-order valence-electron chi connectivity index (χ0n) is 14.4. The van der Waals surface area contributed by atoms with E-state index in [-0.39, 0.29) is 18.0 Å². The highest BCUT2D eigenvalue weighted by Gasteiger charge is 2.26. The normalized spacial score (nSPS) is 17.3. The van der Waals surface area contributed by atoms with E-state index in [0.29, 0.717) is 11.4 Å². The van der Waals surface area contributed by atoms with Crippen molar-refractivity contribution in [3.05, 3.63) is 36.3 Å². The van der Waals surface area contributed by atoms with Crippen molar-refractivity contribution in [1.82, 2.24) is 20.1 Å². The molecule has 0 unspecified atom stereocenters. The number of anilines is 2. The van der Waals surface area contributed by atoms with Crippen molar-refractivity contribution in [2.45, 2.75) is 32.4 Å². The minimum atomic E-state index is -0.0794. The van der Waals surface area contributed by atoms with Gasteiger partial charge in [0.05, 0.1) is 17.4 Å². The number of nitrogens with zero attached hydrogens (tertiary/aromatic N) is 4. The maximum absolute atomic E-state index is 12.6. The first-order valence-electron chi connectivity index (χ1n) is 8.29. The van der Waals surface area contributed by atoms with Gasteiger partial charge in [-0.15, -0.1) is 0 Å². The van der Waals surface area contributed by atoms with Gasteiger partial charge in [0.15, 0.2) is 0 Å². The van der Waals surface area contributed by atoms with Gasteiger partial charge in [0, 0.05) is 44.6 Å². The van der Waals surface area contributed by atoms with Gasteiger partial charge in [0.2, 0.25) is 0 Å². The third-order valence-electron chi connectivity index (χ3n) is 4.06. The van der Waals surface area contributed by atoms with E-state index >= 15 is 0 Å². The largest absolute Gasteiger partial charge is 0.367 e. The van der Waals surface area contributed by atoms with Crippen LogP contribution in [-0.4, -0.2) is 45.8 Å². The van der Waals surface area contributed by atoms with Gasteiger partial charge in [0.1, 0.15) is 5.82 Å². The van der Waals surface area contributed by atoms with Crippen LogP contribution in [0.5, 0.6) is 0 Å². The van der Waals surface area contributed by atoms with E-state index in [1.54, 1.807) is 23.0 Å². The molecule has 0 radical (unpaired) electrons. The lowest BCUT2D eigenvalue weighted by atomic mass is 10.2. The van der Waals surface area contributed by atoms with Crippen molar-refractivity contribution in [2.24, 2.45) is 7.05 Å². The fourth-order valence-corrected chi connectivity index (χ4v) is 2.92. The molecule has 1 saturated heterocycles. The Morgan fingerprint density at radius 1 is 1.42 bits per heavy atom. The zero-order valence-corrected chi connectivity index (χ0v) is 14.4. The molecule has 1 aliphatic heterocycles. The van der Waals surface area contributed by atoms with Gasteiger partial charge in [-0.25, -0.2) is 4.98 Å². The van der Waals surface area contributed by atoms with Crippen LogP contribution in [0.3, 0.4) is 0 Å². The zero-order chi connectivity index (χ0) is 17.1. The van der Waals surface area contributed by atoms with Gasteiger partial charge in [-0.2, -0.15) is 5.10 Å². The number of nitrogens with one attached hydrogen (secondary N) is 2. The number of amides is 1. The fourth-order valence-electron chi connectivity index (χ4n) is 2.92. The van der Waals surface area contributed by atoms with E-state index in [0.717, 1.165) is 25.2 Å². The van der Waals surface area contributed by atoms with Crippen molar-refractivity contribution in [3.8, 4) is 0 Å². The predicted molar refractivity (Wildman–Crippen MR) is 94.3 cm³/mol. The molecule has 2 aromatic rings. The van der Waals surface area contributed by atoms with Crippen LogP contribution >= 0.6 is 0 Å². The van der Waals surface area contributed by atoms with Crippen LogP contribution in [0.25, 0.3) is 0 Å². The van der Waals surface area contributed by atoms with Crippen LogP contribution < -0.4 is 15.5 Å². The lowest BCUT2D eigenvalue weighted by molar-refractivity contribution is 0.0941. The molecule has 2 N–H and O–H groups in total. The van der Waals surface area contributed by atoms with Gasteiger partial charge < -0.3 is 15.5 Å². The molecule has 3 heterocycles. The second kappa shape index (κ2) is 6.90. The van der Waals surface area contributed by atoms with Crippen LogP contribution in [-0.2, 0) is 7.05 Å². The van der Waals surface area contributed by atoms with E-state index in [1.165, 1.54) is 0 Å². The lowest BCUT2D eigenvalue weighted by Crippen LogP contribution is -2.37. The van der Waals surface area contributed by atoms with Crippen LogP contribution in [0.15, 0.2) is 30.7 Å². The lowest BCUT2D eigenvalue weighted by Gasteiger charge is -2.18. The highest BCUT2D eigenvalue weighted by Crippen LogP contribution is 2.20. The Hall–Kier alpha value is -2.57. The molecule has 128 valence electrons. The predicted octanol–water partition coefficient (Wildman–Crippen LogP) is 1.64. The summed E-state index contributed by atoms with van der Waals surface area (Å²) in [5, 5.41) is 10.6. The molecule has 1 fully saturated rings. The van der Waals surface area contributed by atoms with Gasteiger partial charge in [-0.05, 0) is 32.4 Å². The number of carbonyl (C=O) groups is 1. The summed E-state index contributed by atoms with van der Waals surface area (Å²) in [5.74, 6) is 0.552. The molecule has 3 rings (SSSR count). The Kier molecular flexibility index (Phi) is 4.69. The molecule has 24 heavy (non-hydrogen) atoms. The molecule has 0 saturated carbocycles. The third-order valence-corrected chi connectivity index (χ3v) is 4.06. The Morgan fingerprint density at radius 2 is 2.25 bits per heavy atom. The topological polar surface area (TPSA) is 75.1 Å². The summed E-state index contributed by atoms with van der Waals surface area (Å²) in [7, 11) is 1.91. The summed E-state index contributed by atoms with van der Waals surface area (Å²) < 4.78 is 1.79. The average molecular weight is 328 g/mol. The van der Waals surface area contributed by atoms with Crippen molar-refractivity contribution in [2.75, 3.05) is 23.3 Å². The van der Waals surface area contributed by atoms with Crippen LogP contribution in [0.4, 0.5) is 11.5 Å². The van der Waals surface area contributed by atoms with Crippen LogP contribution in [0.1, 0.15) is 30.6 Å². The number of carbonyl (C=O) groups excluding carboxylic acids is 1. The van der Waals surface area contributed by atoms with Crippen LogP contribution in [0.2, 0.25) is 0 Å². The molecule has 1 amide bonds. The minimum Gasteiger partial charge on any atom is -0.367 e. The fraction of sp³-hybridized carbons (Fsp3) is 0.471. The summed E-state index contributed by atoms with van der Waals surface area (Å²) in [6, 6.07) is 3.95. The second-order valence-electron chi connectivity index (χ2n) is 6.48. The average Bonchev–Trinajstić information content (AvgIpc) is 3.16. The van der Waals surface area contributed by atoms with E-state index in [2.05, 4.69) is 25.6 Å². The molecule has 7 heteroatoms. The summed E-state index contributed by atoms with van der Waals surface area (Å²) in [6.45, 7) is 5.77. The van der Waals surface area contributed by atoms with Gasteiger partial charge in [-0.3, -0.25) is 9.48 Å². The van der Waals surface area contributed by atoms with Crippen molar-refractivity contribution >= 4 is 17.4 Å². The molecule has 0 aromatic carbocycles. The highest BCUT2D eigenvalue weighted by atomic mass is 16.1. The first-order valence-corrected chi connectivity index (χ1v) is 8.29. The molecule has 1 atom stereocenters. The Morgan fingerprint density at radius 3 is 2.96 bits per heavy atom. The maximum atomic E-state index is 12.6. The molecule has 0 bridgehead atoms. The molecule has 0 aliphatic carbocycles. The number of aromatic nitrogens is 3. The first-order chi connectivity index (χ1) is 11.5. The number of pyridine rings is 1. The highest BCUT2D eigenvalue weighted by molar-refractivity contribution is 5.99. The SMILES string of the molecule is CC(C)Nc1ncccc1C(=O)N[C@@H]1CCN(c2cnn(C)c2)C1. The standard InChI is InChI=1S/C17H24N6O/c1-12(2)20-16-15(5-4-7-18-16)17(24)21-13-6-8-23(10-13)14-9-19-22(3)11-14/h4-5,7,9,11-13H,6,8,10H2,1-3H3,(H,18,20)(H,21,24)/t13-/m1/s1. The third kappa shape index (κ3) is 3.67. The summed E-state index contributed by atoms with van der Waals surface area (Å²) in [4.78, 5) is 19.2. The minimum absolute atomic E-state index is 0.0794. The molecular formula is C17H24N6O. The van der Waals surface area contributed by atoms with Gasteiger partial charge >= 0.3 is 0 Å². The van der Waals surface area contributed by atoms with E-state index in [4.69, 9.17) is 0 Å². The second-order valence-corrected chi connectivity index (χ2v) is 6.48. The maximum Gasteiger partial charge on any atom is 0.255 e. The quantitative estimate of drug-likeness (QED) is 0.873. The van der Waals surface area contributed by atoms with Crippen molar-refractivity contribution < 1.29 is 4.79 Å². The van der Waals surface area contributed by atoms with Crippen molar-refractivity contribution in [3.63, 3.8) is 0 Å². The van der Waals surface area contributed by atoms with Gasteiger partial charge in [0.25, 0.3) is 5.91 Å². The van der Waals surface area contributed by atoms with E-state index < -0.39 is 0 Å². The summed E-state index contributed by atoms with van der Waals surface area (Å²) in [5.41, 5.74) is 1.68. The summed E-state index contributed by atoms with van der Waals surface area (Å²) in [6.07, 6.45) is 6.47. The molecule has 7 nitrogen and oxygen atoms in total. The van der Waals surface area contributed by atoms with E-state index in [1.807, 2.05) is 33.3 Å². The van der Waals surface area contributed by atoms with Crippen LogP contribution in [0, 0.1) is 0 Å². The number of aryl methyl sites for hydroxylation is 1. The number of rotatable bonds is 5. The van der Waals surface area contributed by atoms with Crippen molar-refractivity contribution in [1.29, 1.82) is 0 Å². The van der Waals surface area contributed by atoms with E-state index in [9.17, 15) is 4.79 Å². The Labute approximate surface area is 142 Å². The smallest absolute Gasteiger partial charge is 0.255 e. The molecule has 2 aromatic heterocycles. The Balaban J connectivity index is 1.64. The first kappa shape index (κ1) is 16.3. The molecule has 1 aliphatic rings. The molecule has 0 spiro atoms.